The van der Waals surface area contributed by atoms with Crippen molar-refractivity contribution < 1.29 is 13.2 Å². The van der Waals surface area contributed by atoms with Gasteiger partial charge in [-0.05, 0) is 32.1 Å². The summed E-state index contributed by atoms with van der Waals surface area (Å²) in [6.45, 7) is 0.472. The smallest absolute Gasteiger partial charge is 0.235 e. The van der Waals surface area contributed by atoms with Crippen molar-refractivity contribution in [3.63, 3.8) is 0 Å². The zero-order valence-electron chi connectivity index (χ0n) is 11.1. The second-order valence-electron chi connectivity index (χ2n) is 4.73. The Morgan fingerprint density at radius 2 is 2.17 bits per heavy atom. The minimum Gasteiger partial charge on any atom is -0.355 e. The van der Waals surface area contributed by atoms with E-state index in [1.165, 1.54) is 25.5 Å². The Kier molecular flexibility index (Phi) is 5.81. The van der Waals surface area contributed by atoms with Crippen LogP contribution in [0.5, 0.6) is 0 Å². The summed E-state index contributed by atoms with van der Waals surface area (Å²) in [5, 5.41) is 2.75. The van der Waals surface area contributed by atoms with Crippen LogP contribution in [-0.4, -0.2) is 45.0 Å². The van der Waals surface area contributed by atoms with E-state index in [1.54, 1.807) is 0 Å². The summed E-state index contributed by atoms with van der Waals surface area (Å²) >= 11 is 0. The van der Waals surface area contributed by atoms with Crippen molar-refractivity contribution in [1.29, 1.82) is 0 Å². The van der Waals surface area contributed by atoms with E-state index < -0.39 is 10.0 Å². The molecule has 1 aliphatic rings. The number of sulfonamides is 1. The van der Waals surface area contributed by atoms with E-state index in [0.29, 0.717) is 6.54 Å². The number of allylic oxidation sites excluding steroid dienone is 1. The molecular weight excluding hydrogens is 252 g/mol. The molecule has 0 heterocycles. The SMILES string of the molecule is CN(CC(=O)NCCC1=CCCCC1)S(C)(=O)=O. The largest absolute Gasteiger partial charge is 0.355 e. The number of hydrogen-bond acceptors (Lipinski definition) is 3. The third kappa shape index (κ3) is 5.64. The van der Waals surface area contributed by atoms with E-state index in [4.69, 9.17) is 0 Å². The third-order valence-electron chi connectivity index (χ3n) is 3.09. The molecule has 0 spiro atoms. The molecule has 0 aliphatic heterocycles. The minimum atomic E-state index is -3.28. The van der Waals surface area contributed by atoms with E-state index in [0.717, 1.165) is 29.8 Å². The lowest BCUT2D eigenvalue weighted by Crippen LogP contribution is -2.38. The first-order valence-corrected chi connectivity index (χ1v) is 8.10. The van der Waals surface area contributed by atoms with Crippen LogP contribution in [0.4, 0.5) is 0 Å². The topological polar surface area (TPSA) is 66.5 Å². The van der Waals surface area contributed by atoms with Crippen molar-refractivity contribution in [3.8, 4) is 0 Å². The highest BCUT2D eigenvalue weighted by atomic mass is 32.2. The van der Waals surface area contributed by atoms with Gasteiger partial charge in [-0.15, -0.1) is 0 Å². The van der Waals surface area contributed by atoms with Gasteiger partial charge in [0, 0.05) is 13.6 Å². The van der Waals surface area contributed by atoms with Crippen molar-refractivity contribution in [2.75, 3.05) is 26.4 Å². The first-order chi connectivity index (χ1) is 8.39. The van der Waals surface area contributed by atoms with Crippen LogP contribution in [0.2, 0.25) is 0 Å². The summed E-state index contributed by atoms with van der Waals surface area (Å²) in [4.78, 5) is 11.5. The van der Waals surface area contributed by atoms with Gasteiger partial charge < -0.3 is 5.32 Å². The molecular formula is C12H22N2O3S. The lowest BCUT2D eigenvalue weighted by Gasteiger charge is -2.15. The van der Waals surface area contributed by atoms with Gasteiger partial charge in [0.05, 0.1) is 12.8 Å². The molecule has 0 saturated carbocycles. The molecule has 0 atom stereocenters. The molecule has 0 bridgehead atoms. The average molecular weight is 274 g/mol. The van der Waals surface area contributed by atoms with E-state index in [-0.39, 0.29) is 12.5 Å². The Labute approximate surface area is 109 Å². The molecule has 1 N–H and O–H groups in total. The van der Waals surface area contributed by atoms with Gasteiger partial charge in [0.15, 0.2) is 0 Å². The maximum Gasteiger partial charge on any atom is 0.235 e. The van der Waals surface area contributed by atoms with Crippen LogP contribution < -0.4 is 5.32 Å². The lowest BCUT2D eigenvalue weighted by atomic mass is 9.97. The summed E-state index contributed by atoms with van der Waals surface area (Å²) < 4.78 is 23.3. The molecule has 1 amide bonds. The van der Waals surface area contributed by atoms with Gasteiger partial charge in [-0.3, -0.25) is 4.79 Å². The van der Waals surface area contributed by atoms with Gasteiger partial charge in [0.2, 0.25) is 15.9 Å². The quantitative estimate of drug-likeness (QED) is 0.731. The monoisotopic (exact) mass is 274 g/mol. The van der Waals surface area contributed by atoms with Crippen LogP contribution in [0, 0.1) is 0 Å². The van der Waals surface area contributed by atoms with Crippen LogP contribution >= 0.6 is 0 Å². The fourth-order valence-corrected chi connectivity index (χ4v) is 2.22. The highest BCUT2D eigenvalue weighted by Gasteiger charge is 2.14. The summed E-state index contributed by atoms with van der Waals surface area (Å²) in [5.41, 5.74) is 1.40. The first kappa shape index (κ1) is 15.2. The molecule has 0 fully saturated rings. The van der Waals surface area contributed by atoms with Crippen LogP contribution in [0.25, 0.3) is 0 Å². The van der Waals surface area contributed by atoms with E-state index in [9.17, 15) is 13.2 Å². The molecule has 0 aromatic carbocycles. The fraction of sp³-hybridized carbons (Fsp3) is 0.750. The normalized spacial score (nSPS) is 16.5. The van der Waals surface area contributed by atoms with Crippen LogP contribution in [0.15, 0.2) is 11.6 Å². The van der Waals surface area contributed by atoms with E-state index in [1.807, 2.05) is 0 Å². The van der Waals surface area contributed by atoms with Crippen LogP contribution in [0.1, 0.15) is 32.1 Å². The maximum absolute atomic E-state index is 11.5. The van der Waals surface area contributed by atoms with E-state index in [2.05, 4.69) is 11.4 Å². The van der Waals surface area contributed by atoms with Gasteiger partial charge in [-0.25, -0.2) is 8.42 Å². The number of nitrogens with zero attached hydrogens (tertiary/aromatic N) is 1. The molecule has 0 unspecified atom stereocenters. The zero-order valence-corrected chi connectivity index (χ0v) is 11.9. The zero-order chi connectivity index (χ0) is 13.6. The second kappa shape index (κ2) is 6.89. The fourth-order valence-electron chi connectivity index (χ4n) is 1.87. The summed E-state index contributed by atoms with van der Waals surface area (Å²) in [5.74, 6) is -0.251. The predicted octanol–water partition coefficient (Wildman–Crippen LogP) is 0.884. The summed E-state index contributed by atoms with van der Waals surface area (Å²) in [6.07, 6.45) is 8.96. The number of carbonyl (C=O) groups is 1. The second-order valence-corrected chi connectivity index (χ2v) is 6.82. The van der Waals surface area contributed by atoms with Gasteiger partial charge in [0.1, 0.15) is 0 Å². The van der Waals surface area contributed by atoms with Gasteiger partial charge >= 0.3 is 0 Å². The summed E-state index contributed by atoms with van der Waals surface area (Å²) in [7, 11) is -1.88. The molecule has 1 aliphatic carbocycles. The Hall–Kier alpha value is -0.880. The minimum absolute atomic E-state index is 0.113. The Balaban J connectivity index is 2.23. The number of carbonyl (C=O) groups excluding carboxylic acids is 1. The molecule has 104 valence electrons. The molecule has 1 rings (SSSR count). The Morgan fingerprint density at radius 1 is 1.44 bits per heavy atom. The average Bonchev–Trinajstić information content (AvgIpc) is 2.29. The third-order valence-corrected chi connectivity index (χ3v) is 4.35. The highest BCUT2D eigenvalue weighted by Crippen LogP contribution is 2.19. The van der Waals surface area contributed by atoms with E-state index >= 15 is 0 Å². The van der Waals surface area contributed by atoms with Crippen LogP contribution in [0.3, 0.4) is 0 Å². The lowest BCUT2D eigenvalue weighted by molar-refractivity contribution is -0.121. The summed E-state index contributed by atoms with van der Waals surface area (Å²) in [6, 6.07) is 0. The van der Waals surface area contributed by atoms with Crippen LogP contribution in [-0.2, 0) is 14.8 Å². The standard InChI is InChI=1S/C12H22N2O3S/c1-14(18(2,16)17)10-12(15)13-9-8-11-6-4-3-5-7-11/h6H,3-5,7-10H2,1-2H3,(H,13,15). The molecule has 18 heavy (non-hydrogen) atoms. The molecule has 5 nitrogen and oxygen atoms in total. The van der Waals surface area contributed by atoms with Crippen molar-refractivity contribution >= 4 is 15.9 Å². The number of rotatable bonds is 6. The first-order valence-electron chi connectivity index (χ1n) is 6.25. The molecule has 0 saturated heterocycles. The number of likely N-dealkylation sites (N-methyl/N-ethyl adjacent to an activating group) is 1. The van der Waals surface area contributed by atoms with Gasteiger partial charge in [-0.2, -0.15) is 4.31 Å². The van der Waals surface area contributed by atoms with Crippen molar-refractivity contribution in [3.05, 3.63) is 11.6 Å². The Bertz CT molecular complexity index is 415. The van der Waals surface area contributed by atoms with Gasteiger partial charge in [0.25, 0.3) is 0 Å². The molecule has 0 aromatic heterocycles. The Morgan fingerprint density at radius 3 is 2.72 bits per heavy atom. The molecule has 0 radical (unpaired) electrons. The molecule has 0 aromatic rings. The number of amides is 1. The maximum atomic E-state index is 11.5. The van der Waals surface area contributed by atoms with Gasteiger partial charge in [-0.1, -0.05) is 11.6 Å². The predicted molar refractivity (Wildman–Crippen MR) is 71.7 cm³/mol. The molecule has 6 heteroatoms. The van der Waals surface area contributed by atoms with Crippen molar-refractivity contribution in [2.24, 2.45) is 0 Å². The number of hydrogen-bond donors (Lipinski definition) is 1. The van der Waals surface area contributed by atoms with Crippen molar-refractivity contribution in [1.82, 2.24) is 9.62 Å². The van der Waals surface area contributed by atoms with Crippen molar-refractivity contribution in [2.45, 2.75) is 32.1 Å². The highest BCUT2D eigenvalue weighted by molar-refractivity contribution is 7.88. The number of nitrogens with one attached hydrogen (secondary N) is 1.